The number of benzene rings is 1. The second-order valence-corrected chi connectivity index (χ2v) is 8.68. The first-order chi connectivity index (χ1) is 16.9. The van der Waals surface area contributed by atoms with Crippen molar-refractivity contribution in [1.82, 2.24) is 5.16 Å². The monoisotopic (exact) mass is 462 g/mol. The van der Waals surface area contributed by atoms with Crippen LogP contribution in [0, 0.1) is 13.7 Å². The normalized spacial score (nSPS) is 19.6. The first-order valence-electron chi connectivity index (χ1n) is 11.7. The van der Waals surface area contributed by atoms with Crippen LogP contribution in [0.15, 0.2) is 33.0 Å². The van der Waals surface area contributed by atoms with Crippen molar-refractivity contribution < 1.29 is 38.2 Å². The van der Waals surface area contributed by atoms with E-state index in [-0.39, 0.29) is 27.5 Å². The van der Waals surface area contributed by atoms with E-state index in [2.05, 4.69) is 5.16 Å². The molecule has 4 rings (SSSR count). The highest BCUT2D eigenvalue weighted by Gasteiger charge is 2.27. The summed E-state index contributed by atoms with van der Waals surface area (Å²) in [5, 5.41) is 4.02. The summed E-state index contributed by atoms with van der Waals surface area (Å²) < 4.78 is 103. The second-order valence-electron chi connectivity index (χ2n) is 5.74. The minimum absolute atomic E-state index is 0.0460. The molecule has 3 heterocycles. The Kier molecular flexibility index (Phi) is 3.10. The molecule has 3 aromatic rings. The van der Waals surface area contributed by atoms with E-state index in [0.29, 0.717) is 0 Å². The smallest absolute Gasteiger partial charge is 0.265 e. The van der Waals surface area contributed by atoms with Gasteiger partial charge in [-0.15, -0.1) is 11.3 Å². The molecule has 1 aliphatic rings. The number of thiophene rings is 1. The van der Waals surface area contributed by atoms with E-state index in [1.54, 1.807) is 0 Å². The van der Waals surface area contributed by atoms with Gasteiger partial charge in [0.05, 0.1) is 4.88 Å². The Bertz CT molecular complexity index is 1500. The number of hydrogen-bond acceptors (Lipinski definition) is 8. The zero-order valence-corrected chi connectivity index (χ0v) is 16.5. The maximum atomic E-state index is 13.2. The van der Waals surface area contributed by atoms with Gasteiger partial charge >= 0.3 is 0 Å². The molecular weight excluding hydrogens is 440 g/mol. The summed E-state index contributed by atoms with van der Waals surface area (Å²) in [6, 6.07) is 3.33. The molecule has 1 N–H and O–H groups in total. The highest BCUT2D eigenvalue weighted by Crippen LogP contribution is 2.36. The van der Waals surface area contributed by atoms with Crippen molar-refractivity contribution in [3.63, 3.8) is 0 Å². The van der Waals surface area contributed by atoms with Crippen LogP contribution in [0.3, 0.4) is 0 Å². The van der Waals surface area contributed by atoms with E-state index in [1.807, 2.05) is 4.72 Å². The molecule has 0 saturated heterocycles. The van der Waals surface area contributed by atoms with Gasteiger partial charge in [-0.2, -0.15) is 0 Å². The summed E-state index contributed by atoms with van der Waals surface area (Å²) in [6.45, 7) is -8.00. The molecule has 29 heavy (non-hydrogen) atoms. The SMILES string of the molecule is [2H]C1([2H])Oc2cc(CC(=O)c3sccc3S(=O)(=O)Nc3onc(C([2H])([2H])[2H])c3Cl)c(C([2H])([2H])[2H])cc2O1. The maximum absolute atomic E-state index is 13.2. The fourth-order valence-electron chi connectivity index (χ4n) is 2.50. The fourth-order valence-corrected chi connectivity index (χ4v) is 5.06. The molecule has 8 nitrogen and oxygen atoms in total. The van der Waals surface area contributed by atoms with Crippen LogP contribution in [0.1, 0.15) is 37.5 Å². The third-order valence-corrected chi connectivity index (χ3v) is 6.67. The summed E-state index contributed by atoms with van der Waals surface area (Å²) in [5.41, 5.74) is -1.00. The number of fused-ring (bicyclic) bond motifs is 1. The van der Waals surface area contributed by atoms with Gasteiger partial charge in [0.25, 0.3) is 15.9 Å². The number of Topliss-reactive ketones (excluding diaryl/α,β-unsaturated/α-hetero) is 1. The first-order valence-corrected chi connectivity index (χ1v) is 10.5. The van der Waals surface area contributed by atoms with Crippen LogP contribution in [-0.2, 0) is 16.4 Å². The first kappa shape index (κ1) is 12.2. The molecule has 0 fully saturated rings. The largest absolute Gasteiger partial charge is 0.454 e. The zero-order chi connectivity index (χ0) is 27.6. The van der Waals surface area contributed by atoms with E-state index in [0.717, 1.165) is 29.5 Å². The summed E-state index contributed by atoms with van der Waals surface area (Å²) >= 11 is 6.68. The number of aromatic nitrogens is 1. The third kappa shape index (κ3) is 3.70. The van der Waals surface area contributed by atoms with Crippen LogP contribution >= 0.6 is 22.9 Å². The van der Waals surface area contributed by atoms with E-state index >= 15 is 0 Å². The number of nitrogens with one attached hydrogen (secondary N) is 1. The highest BCUT2D eigenvalue weighted by molar-refractivity contribution is 7.93. The van der Waals surface area contributed by atoms with Gasteiger partial charge in [-0.05, 0) is 48.4 Å². The standard InChI is InChI=1S/C18H15ClN2O6S2/c1-9-5-13-14(26-8-25-13)7-11(9)6-12(22)17-15(3-4-28-17)29(23,24)21-18-16(19)10(2)20-27-18/h3-5,7,21H,6,8H2,1-2H3/i1D3,2D3,8D2. The number of ether oxygens (including phenoxy) is 2. The van der Waals surface area contributed by atoms with E-state index in [4.69, 9.17) is 36.6 Å². The van der Waals surface area contributed by atoms with Crippen LogP contribution in [-0.4, -0.2) is 26.1 Å². The number of hydrogen-bond donors (Lipinski definition) is 1. The second kappa shape index (κ2) is 7.36. The van der Waals surface area contributed by atoms with Crippen LogP contribution in [0.4, 0.5) is 5.88 Å². The molecule has 0 aliphatic carbocycles. The number of rotatable bonds is 6. The molecule has 1 aliphatic heterocycles. The Balaban J connectivity index is 1.65. The Morgan fingerprint density at radius 3 is 2.90 bits per heavy atom. The average Bonchev–Trinajstić information content (AvgIpc) is 3.42. The molecular formula is C18H15ClN2O6S2. The van der Waals surface area contributed by atoms with Crippen LogP contribution < -0.4 is 14.2 Å². The van der Waals surface area contributed by atoms with Crippen molar-refractivity contribution in [2.75, 3.05) is 11.5 Å². The van der Waals surface area contributed by atoms with E-state index in [9.17, 15) is 13.2 Å². The van der Waals surface area contributed by atoms with Crippen molar-refractivity contribution in [3.8, 4) is 11.5 Å². The summed E-state index contributed by atoms with van der Waals surface area (Å²) in [5.74, 6) is -1.70. The number of halogens is 1. The lowest BCUT2D eigenvalue weighted by Crippen LogP contribution is -2.16. The Labute approximate surface area is 186 Å². The summed E-state index contributed by atoms with van der Waals surface area (Å²) in [4.78, 5) is 12.4. The van der Waals surface area contributed by atoms with E-state index in [1.165, 1.54) is 5.38 Å². The predicted octanol–water partition coefficient (Wildman–Crippen LogP) is 3.96. The molecule has 0 unspecified atom stereocenters. The lowest BCUT2D eigenvalue weighted by atomic mass is 10.0. The van der Waals surface area contributed by atoms with Gasteiger partial charge in [-0.1, -0.05) is 16.8 Å². The van der Waals surface area contributed by atoms with E-state index < -0.39 is 64.2 Å². The van der Waals surface area contributed by atoms with Gasteiger partial charge < -0.3 is 14.0 Å². The van der Waals surface area contributed by atoms with Gasteiger partial charge in [-0.25, -0.2) is 13.1 Å². The molecule has 11 heteroatoms. The molecule has 2 aromatic heterocycles. The lowest BCUT2D eigenvalue weighted by Gasteiger charge is -2.09. The fraction of sp³-hybridized carbons (Fsp3) is 0.222. The number of aryl methyl sites for hydroxylation is 2. The lowest BCUT2D eigenvalue weighted by molar-refractivity contribution is 0.0994. The number of sulfonamides is 1. The van der Waals surface area contributed by atoms with Crippen LogP contribution in [0.5, 0.6) is 11.5 Å². The van der Waals surface area contributed by atoms with Gasteiger partial charge in [0, 0.05) is 14.6 Å². The highest BCUT2D eigenvalue weighted by atomic mass is 35.5. The van der Waals surface area contributed by atoms with Gasteiger partial charge in [0.2, 0.25) is 6.75 Å². The maximum Gasteiger partial charge on any atom is 0.265 e. The number of nitrogens with zero attached hydrogens (tertiary/aromatic N) is 1. The van der Waals surface area contributed by atoms with Crippen molar-refractivity contribution in [1.29, 1.82) is 0 Å². The molecule has 0 bridgehead atoms. The van der Waals surface area contributed by atoms with Crippen LogP contribution in [0.2, 0.25) is 5.02 Å². The number of carbonyl (C=O) groups excluding carboxylic acids is 1. The molecule has 0 atom stereocenters. The van der Waals surface area contributed by atoms with Gasteiger partial charge in [0.15, 0.2) is 17.3 Å². The zero-order valence-electron chi connectivity index (χ0n) is 22.1. The quantitative estimate of drug-likeness (QED) is 0.552. The number of anilines is 1. The number of carbonyl (C=O) groups is 1. The van der Waals surface area contributed by atoms with Crippen molar-refractivity contribution >= 4 is 44.6 Å². The minimum atomic E-state index is -4.52. The molecule has 0 radical (unpaired) electrons. The third-order valence-electron chi connectivity index (χ3n) is 3.86. The molecule has 1 aromatic carbocycles. The topological polar surface area (TPSA) is 108 Å². The molecule has 0 amide bonds. The average molecular weight is 463 g/mol. The predicted molar refractivity (Wildman–Crippen MR) is 107 cm³/mol. The Morgan fingerprint density at radius 1 is 1.38 bits per heavy atom. The summed E-state index contributed by atoms with van der Waals surface area (Å²) in [6.07, 6.45) is -0.567. The molecule has 152 valence electrons. The Morgan fingerprint density at radius 2 is 2.17 bits per heavy atom. The van der Waals surface area contributed by atoms with Crippen molar-refractivity contribution in [2.24, 2.45) is 0 Å². The van der Waals surface area contributed by atoms with Gasteiger partial charge in [0.1, 0.15) is 18.4 Å². The van der Waals surface area contributed by atoms with Gasteiger partial charge in [-0.3, -0.25) is 4.79 Å². The van der Waals surface area contributed by atoms with Crippen LogP contribution in [0.25, 0.3) is 0 Å². The van der Waals surface area contributed by atoms with Crippen molar-refractivity contribution in [3.05, 3.63) is 50.3 Å². The Hall–Kier alpha value is -2.56. The molecule has 0 saturated carbocycles. The summed E-state index contributed by atoms with van der Waals surface area (Å²) in [7, 11) is -4.52. The van der Waals surface area contributed by atoms with Crippen molar-refractivity contribution in [2.45, 2.75) is 25.0 Å². The number of ketones is 1. The minimum Gasteiger partial charge on any atom is -0.454 e. The molecule has 0 spiro atoms.